The van der Waals surface area contributed by atoms with Gasteiger partial charge in [-0.3, -0.25) is 0 Å². The van der Waals surface area contributed by atoms with Gasteiger partial charge in [-0.15, -0.1) is 0 Å². The highest BCUT2D eigenvalue weighted by Gasteiger charge is 2.30. The summed E-state index contributed by atoms with van der Waals surface area (Å²) in [5.41, 5.74) is 0.256. The Morgan fingerprint density at radius 1 is 1.29 bits per heavy atom. The second-order valence-corrected chi connectivity index (χ2v) is 3.25. The largest absolute Gasteiger partial charge is 0.416 e. The lowest BCUT2D eigenvalue weighted by atomic mass is 10.0. The second kappa shape index (κ2) is 3.61. The Morgan fingerprint density at radius 3 is 2.29 bits per heavy atom. The van der Waals surface area contributed by atoms with Gasteiger partial charge in [0.15, 0.2) is 0 Å². The fraction of sp³-hybridized carbons (Fsp3) is 0.400. The van der Waals surface area contributed by atoms with Crippen molar-refractivity contribution >= 4 is 0 Å². The Bertz CT molecular complexity index is 329. The Morgan fingerprint density at radius 2 is 1.86 bits per heavy atom. The van der Waals surface area contributed by atoms with E-state index >= 15 is 0 Å². The lowest BCUT2D eigenvalue weighted by molar-refractivity contribution is -0.137. The molecule has 0 aliphatic carbocycles. The van der Waals surface area contributed by atoms with Crippen LogP contribution in [0.25, 0.3) is 0 Å². The molecular formula is C10H11F3O. The SMILES string of the molecule is Cc1ccc(C(F)(F)F)cc1[C@@H](C)O. The van der Waals surface area contributed by atoms with Crippen LogP contribution in [0.4, 0.5) is 13.2 Å². The van der Waals surface area contributed by atoms with Crippen molar-refractivity contribution in [2.75, 3.05) is 0 Å². The van der Waals surface area contributed by atoms with Crippen LogP contribution < -0.4 is 0 Å². The van der Waals surface area contributed by atoms with Crippen LogP contribution in [0, 0.1) is 6.92 Å². The summed E-state index contributed by atoms with van der Waals surface area (Å²) in [4.78, 5) is 0. The number of aliphatic hydroxyl groups is 1. The van der Waals surface area contributed by atoms with Gasteiger partial charge in [-0.05, 0) is 37.1 Å². The summed E-state index contributed by atoms with van der Waals surface area (Å²) < 4.78 is 36.8. The maximum absolute atomic E-state index is 12.3. The number of halogens is 3. The number of hydrogen-bond donors (Lipinski definition) is 1. The Kier molecular flexibility index (Phi) is 2.85. The lowest BCUT2D eigenvalue weighted by Crippen LogP contribution is -2.07. The van der Waals surface area contributed by atoms with Gasteiger partial charge in [0.1, 0.15) is 0 Å². The molecule has 1 nitrogen and oxygen atoms in total. The molecular weight excluding hydrogens is 193 g/mol. The average molecular weight is 204 g/mol. The first kappa shape index (κ1) is 11.0. The molecule has 1 rings (SSSR count). The van der Waals surface area contributed by atoms with Crippen LogP contribution in [-0.4, -0.2) is 5.11 Å². The first-order valence-corrected chi connectivity index (χ1v) is 4.18. The number of rotatable bonds is 1. The van der Waals surface area contributed by atoms with Crippen LogP contribution in [-0.2, 0) is 6.18 Å². The zero-order valence-corrected chi connectivity index (χ0v) is 7.89. The van der Waals surface area contributed by atoms with Gasteiger partial charge in [0.25, 0.3) is 0 Å². The number of aryl methyl sites for hydroxylation is 1. The lowest BCUT2D eigenvalue weighted by Gasteiger charge is -2.12. The Hall–Kier alpha value is -1.03. The molecule has 0 spiro atoms. The van der Waals surface area contributed by atoms with E-state index in [0.29, 0.717) is 11.1 Å². The first-order valence-electron chi connectivity index (χ1n) is 4.18. The molecule has 0 heterocycles. The summed E-state index contributed by atoms with van der Waals surface area (Å²) in [6, 6.07) is 3.37. The van der Waals surface area contributed by atoms with Gasteiger partial charge in [0, 0.05) is 0 Å². The smallest absolute Gasteiger partial charge is 0.389 e. The van der Waals surface area contributed by atoms with Crippen molar-refractivity contribution in [3.63, 3.8) is 0 Å². The zero-order valence-electron chi connectivity index (χ0n) is 7.89. The maximum Gasteiger partial charge on any atom is 0.416 e. The third kappa shape index (κ3) is 2.26. The van der Waals surface area contributed by atoms with Crippen molar-refractivity contribution in [2.45, 2.75) is 26.1 Å². The van der Waals surface area contributed by atoms with Gasteiger partial charge < -0.3 is 5.11 Å². The van der Waals surface area contributed by atoms with Crippen LogP contribution in [0.2, 0.25) is 0 Å². The van der Waals surface area contributed by atoms with E-state index in [1.165, 1.54) is 13.0 Å². The van der Waals surface area contributed by atoms with Crippen molar-refractivity contribution in [2.24, 2.45) is 0 Å². The molecule has 0 unspecified atom stereocenters. The monoisotopic (exact) mass is 204 g/mol. The topological polar surface area (TPSA) is 20.2 Å². The van der Waals surface area contributed by atoms with Crippen LogP contribution in [0.5, 0.6) is 0 Å². The molecule has 0 fully saturated rings. The van der Waals surface area contributed by atoms with E-state index < -0.39 is 17.8 Å². The van der Waals surface area contributed by atoms with E-state index in [2.05, 4.69) is 0 Å². The molecule has 0 bridgehead atoms. The molecule has 1 aromatic carbocycles. The number of aliphatic hydroxyl groups excluding tert-OH is 1. The molecule has 78 valence electrons. The molecule has 14 heavy (non-hydrogen) atoms. The number of hydrogen-bond acceptors (Lipinski definition) is 1. The normalized spacial score (nSPS) is 14.1. The van der Waals surface area contributed by atoms with Gasteiger partial charge in [0.2, 0.25) is 0 Å². The van der Waals surface area contributed by atoms with Crippen molar-refractivity contribution in [3.8, 4) is 0 Å². The minimum absolute atomic E-state index is 0.319. The van der Waals surface area contributed by atoms with E-state index in [9.17, 15) is 18.3 Å². The van der Waals surface area contributed by atoms with E-state index in [1.54, 1.807) is 6.92 Å². The quantitative estimate of drug-likeness (QED) is 0.745. The van der Waals surface area contributed by atoms with E-state index in [-0.39, 0.29) is 0 Å². The van der Waals surface area contributed by atoms with Gasteiger partial charge in [-0.1, -0.05) is 6.07 Å². The van der Waals surface area contributed by atoms with Crippen molar-refractivity contribution in [1.82, 2.24) is 0 Å². The van der Waals surface area contributed by atoms with Gasteiger partial charge in [-0.2, -0.15) is 13.2 Å². The summed E-state index contributed by atoms with van der Waals surface area (Å²) in [6.45, 7) is 3.12. The molecule has 0 aliphatic rings. The predicted octanol–water partition coefficient (Wildman–Crippen LogP) is 3.07. The Balaban J connectivity index is 3.20. The van der Waals surface area contributed by atoms with Crippen LogP contribution in [0.3, 0.4) is 0 Å². The second-order valence-electron chi connectivity index (χ2n) is 3.25. The van der Waals surface area contributed by atoms with Crippen LogP contribution in [0.1, 0.15) is 29.7 Å². The molecule has 1 N–H and O–H groups in total. The Labute approximate surface area is 80.2 Å². The van der Waals surface area contributed by atoms with Crippen LogP contribution >= 0.6 is 0 Å². The number of benzene rings is 1. The maximum atomic E-state index is 12.3. The zero-order chi connectivity index (χ0) is 10.9. The van der Waals surface area contributed by atoms with E-state index in [4.69, 9.17) is 0 Å². The highest BCUT2D eigenvalue weighted by molar-refractivity contribution is 5.33. The molecule has 1 aromatic rings. The first-order chi connectivity index (χ1) is 6.32. The summed E-state index contributed by atoms with van der Waals surface area (Å²) in [5.74, 6) is 0. The molecule has 0 amide bonds. The molecule has 0 radical (unpaired) electrons. The van der Waals surface area contributed by atoms with Crippen molar-refractivity contribution < 1.29 is 18.3 Å². The standard InChI is InChI=1S/C10H11F3O/c1-6-3-4-8(10(11,12)13)5-9(6)7(2)14/h3-5,7,14H,1-2H3/t7-/m1/s1. The van der Waals surface area contributed by atoms with E-state index in [0.717, 1.165) is 12.1 Å². The van der Waals surface area contributed by atoms with Crippen LogP contribution in [0.15, 0.2) is 18.2 Å². The molecule has 4 heteroatoms. The molecule has 0 saturated carbocycles. The highest BCUT2D eigenvalue weighted by Crippen LogP contribution is 2.31. The third-order valence-corrected chi connectivity index (χ3v) is 2.06. The highest BCUT2D eigenvalue weighted by atomic mass is 19.4. The minimum Gasteiger partial charge on any atom is -0.389 e. The number of alkyl halides is 3. The minimum atomic E-state index is -4.35. The fourth-order valence-electron chi connectivity index (χ4n) is 1.27. The van der Waals surface area contributed by atoms with Gasteiger partial charge in [-0.25, -0.2) is 0 Å². The fourth-order valence-corrected chi connectivity index (χ4v) is 1.27. The summed E-state index contributed by atoms with van der Waals surface area (Å²) >= 11 is 0. The summed E-state index contributed by atoms with van der Waals surface area (Å²) in [5, 5.41) is 9.23. The van der Waals surface area contributed by atoms with Gasteiger partial charge in [0.05, 0.1) is 11.7 Å². The summed E-state index contributed by atoms with van der Waals surface area (Å²) in [6.07, 6.45) is -5.23. The van der Waals surface area contributed by atoms with Gasteiger partial charge >= 0.3 is 6.18 Å². The average Bonchev–Trinajstić information content (AvgIpc) is 2.02. The van der Waals surface area contributed by atoms with Crippen molar-refractivity contribution in [1.29, 1.82) is 0 Å². The third-order valence-electron chi connectivity index (χ3n) is 2.06. The summed E-state index contributed by atoms with van der Waals surface area (Å²) in [7, 11) is 0. The van der Waals surface area contributed by atoms with Crippen molar-refractivity contribution in [3.05, 3.63) is 34.9 Å². The molecule has 0 saturated heterocycles. The van der Waals surface area contributed by atoms with E-state index in [1.807, 2.05) is 0 Å². The molecule has 0 aliphatic heterocycles. The molecule has 1 atom stereocenters. The predicted molar refractivity (Wildman–Crippen MR) is 46.8 cm³/mol. The molecule has 0 aromatic heterocycles.